The third kappa shape index (κ3) is 3.92. The van der Waals surface area contributed by atoms with Gasteiger partial charge in [-0.25, -0.2) is 13.6 Å². The number of hydrogen-bond acceptors (Lipinski definition) is 4. The Morgan fingerprint density at radius 3 is 2.59 bits per heavy atom. The van der Waals surface area contributed by atoms with Crippen molar-refractivity contribution >= 4 is 17.8 Å². The van der Waals surface area contributed by atoms with Gasteiger partial charge in [0.25, 0.3) is 11.8 Å². The van der Waals surface area contributed by atoms with Gasteiger partial charge in [0.2, 0.25) is 0 Å². The Morgan fingerprint density at radius 1 is 1.22 bits per heavy atom. The van der Waals surface area contributed by atoms with Crippen LogP contribution in [-0.2, 0) is 9.59 Å². The van der Waals surface area contributed by atoms with E-state index in [1.165, 1.54) is 6.07 Å². The van der Waals surface area contributed by atoms with Crippen molar-refractivity contribution in [3.63, 3.8) is 0 Å². The third-order valence-electron chi connectivity index (χ3n) is 5.12. The van der Waals surface area contributed by atoms with Gasteiger partial charge < -0.3 is 10.6 Å². The van der Waals surface area contributed by atoms with Gasteiger partial charge in [-0.1, -0.05) is 25.3 Å². The molecule has 0 bridgehead atoms. The number of benzene rings is 1. The van der Waals surface area contributed by atoms with E-state index in [1.54, 1.807) is 6.92 Å². The van der Waals surface area contributed by atoms with E-state index in [9.17, 15) is 23.2 Å². The molecule has 1 spiro atoms. The van der Waals surface area contributed by atoms with Crippen LogP contribution in [0.3, 0.4) is 0 Å². The molecule has 3 N–H and O–H groups in total. The summed E-state index contributed by atoms with van der Waals surface area (Å²) in [6.07, 6.45) is 3.84. The maximum Gasteiger partial charge on any atom is 0.344 e. The van der Waals surface area contributed by atoms with Crippen LogP contribution in [0.2, 0.25) is 0 Å². The first-order chi connectivity index (χ1) is 12.8. The number of nitrogens with one attached hydrogen (secondary N) is 3. The minimum Gasteiger partial charge on any atom is -0.322 e. The summed E-state index contributed by atoms with van der Waals surface area (Å²) in [6, 6.07) is 2.41. The number of urea groups is 1. The molecule has 2 aliphatic rings. The van der Waals surface area contributed by atoms with E-state index in [0.717, 1.165) is 36.4 Å². The zero-order chi connectivity index (χ0) is 19.6. The van der Waals surface area contributed by atoms with Crippen molar-refractivity contribution in [2.24, 2.45) is 0 Å². The quantitative estimate of drug-likeness (QED) is 0.681. The number of imide groups is 1. The Hall–Kier alpha value is -2.55. The molecule has 1 heterocycles. The fraction of sp³-hybridized carbons (Fsp3) is 0.500. The van der Waals surface area contributed by atoms with Gasteiger partial charge >= 0.3 is 6.03 Å². The molecular formula is C18H22F2N4O3. The van der Waals surface area contributed by atoms with Gasteiger partial charge in [-0.2, -0.15) is 5.01 Å². The molecule has 1 aliphatic carbocycles. The molecule has 27 heavy (non-hydrogen) atoms. The summed E-state index contributed by atoms with van der Waals surface area (Å²) in [5, 5.41) is 6.28. The highest BCUT2D eigenvalue weighted by molar-refractivity contribution is 6.08. The van der Waals surface area contributed by atoms with Crippen LogP contribution in [0.4, 0.5) is 13.6 Å². The van der Waals surface area contributed by atoms with Crippen LogP contribution < -0.4 is 16.1 Å². The SMILES string of the molecule is C[C@@H](NCC(=O)NN1C(=O)NC2(CCCCC2)C1=O)c1ccc(F)c(F)c1. The predicted molar refractivity (Wildman–Crippen MR) is 92.1 cm³/mol. The molecule has 1 aromatic carbocycles. The molecule has 0 aromatic heterocycles. The Morgan fingerprint density at radius 2 is 1.93 bits per heavy atom. The van der Waals surface area contributed by atoms with E-state index in [4.69, 9.17) is 0 Å². The van der Waals surface area contributed by atoms with Crippen LogP contribution >= 0.6 is 0 Å². The number of carbonyl (C=O) groups excluding carboxylic acids is 3. The monoisotopic (exact) mass is 380 g/mol. The molecular weight excluding hydrogens is 358 g/mol. The summed E-state index contributed by atoms with van der Waals surface area (Å²) in [7, 11) is 0. The summed E-state index contributed by atoms with van der Waals surface area (Å²) in [4.78, 5) is 36.8. The number of nitrogens with zero attached hydrogens (tertiary/aromatic N) is 1. The molecule has 9 heteroatoms. The maximum absolute atomic E-state index is 13.3. The maximum atomic E-state index is 13.3. The Balaban J connectivity index is 1.55. The van der Waals surface area contributed by atoms with Gasteiger partial charge in [0.15, 0.2) is 11.6 Å². The first kappa shape index (κ1) is 19.2. The first-order valence-corrected chi connectivity index (χ1v) is 8.97. The average molecular weight is 380 g/mol. The van der Waals surface area contributed by atoms with Gasteiger partial charge in [0.1, 0.15) is 5.54 Å². The molecule has 146 valence electrons. The highest BCUT2D eigenvalue weighted by atomic mass is 19.2. The number of hydrogen-bond donors (Lipinski definition) is 3. The fourth-order valence-electron chi connectivity index (χ4n) is 3.53. The lowest BCUT2D eigenvalue weighted by molar-refractivity contribution is -0.139. The summed E-state index contributed by atoms with van der Waals surface area (Å²) in [5.74, 6) is -2.93. The molecule has 1 aliphatic heterocycles. The predicted octanol–water partition coefficient (Wildman–Crippen LogP) is 1.90. The van der Waals surface area contributed by atoms with Crippen LogP contribution in [0.5, 0.6) is 0 Å². The van der Waals surface area contributed by atoms with Crippen LogP contribution in [0.1, 0.15) is 50.6 Å². The Bertz CT molecular complexity index is 765. The lowest BCUT2D eigenvalue weighted by atomic mass is 9.82. The highest BCUT2D eigenvalue weighted by Gasteiger charge is 2.52. The van der Waals surface area contributed by atoms with Crippen molar-refractivity contribution in [3.05, 3.63) is 35.4 Å². The smallest absolute Gasteiger partial charge is 0.322 e. The summed E-state index contributed by atoms with van der Waals surface area (Å²) < 4.78 is 26.3. The van der Waals surface area contributed by atoms with E-state index < -0.39 is 41.1 Å². The average Bonchev–Trinajstić information content (AvgIpc) is 2.86. The zero-order valence-corrected chi connectivity index (χ0v) is 15.0. The molecule has 1 saturated heterocycles. The van der Waals surface area contributed by atoms with E-state index in [2.05, 4.69) is 16.1 Å². The van der Waals surface area contributed by atoms with E-state index in [-0.39, 0.29) is 6.54 Å². The molecule has 0 unspecified atom stereocenters. The second kappa shape index (κ2) is 7.59. The van der Waals surface area contributed by atoms with Crippen molar-refractivity contribution in [1.82, 2.24) is 21.1 Å². The van der Waals surface area contributed by atoms with Crippen LogP contribution in [0, 0.1) is 11.6 Å². The molecule has 7 nitrogen and oxygen atoms in total. The van der Waals surface area contributed by atoms with Crippen molar-refractivity contribution in [2.75, 3.05) is 6.54 Å². The lowest BCUT2D eigenvalue weighted by Gasteiger charge is -2.30. The number of halogens is 2. The third-order valence-corrected chi connectivity index (χ3v) is 5.12. The number of rotatable bonds is 5. The van der Waals surface area contributed by atoms with Gasteiger partial charge in [0.05, 0.1) is 6.54 Å². The highest BCUT2D eigenvalue weighted by Crippen LogP contribution is 2.32. The molecule has 3 rings (SSSR count). The van der Waals surface area contributed by atoms with Crippen LogP contribution in [0.25, 0.3) is 0 Å². The Kier molecular flexibility index (Phi) is 5.41. The van der Waals surface area contributed by atoms with Gasteiger partial charge in [-0.15, -0.1) is 0 Å². The molecule has 1 saturated carbocycles. The summed E-state index contributed by atoms with van der Waals surface area (Å²) in [5.41, 5.74) is 1.88. The fourth-order valence-corrected chi connectivity index (χ4v) is 3.53. The van der Waals surface area contributed by atoms with E-state index in [0.29, 0.717) is 18.4 Å². The second-order valence-corrected chi connectivity index (χ2v) is 7.02. The molecule has 2 fully saturated rings. The number of carbonyl (C=O) groups is 3. The Labute approximate surface area is 155 Å². The van der Waals surface area contributed by atoms with Crippen molar-refractivity contribution in [1.29, 1.82) is 0 Å². The van der Waals surface area contributed by atoms with Gasteiger partial charge in [-0.3, -0.25) is 15.0 Å². The van der Waals surface area contributed by atoms with Gasteiger partial charge in [-0.05, 0) is 37.5 Å². The topological polar surface area (TPSA) is 90.5 Å². The van der Waals surface area contributed by atoms with Crippen LogP contribution in [0.15, 0.2) is 18.2 Å². The van der Waals surface area contributed by atoms with E-state index >= 15 is 0 Å². The van der Waals surface area contributed by atoms with Crippen molar-refractivity contribution in [2.45, 2.75) is 50.6 Å². The standard InChI is InChI=1S/C18H22F2N4O3/c1-11(12-5-6-13(19)14(20)9-12)21-10-15(25)23-24-16(26)18(22-17(24)27)7-3-2-4-8-18/h5-6,9,11,21H,2-4,7-8,10H2,1H3,(H,22,27)(H,23,25)/t11-/m1/s1. The first-order valence-electron chi connectivity index (χ1n) is 8.97. The van der Waals surface area contributed by atoms with Gasteiger partial charge in [0, 0.05) is 6.04 Å². The minimum absolute atomic E-state index is 0.204. The largest absolute Gasteiger partial charge is 0.344 e. The normalized spacial score (nSPS) is 19.9. The second-order valence-electron chi connectivity index (χ2n) is 7.02. The molecule has 1 atom stereocenters. The zero-order valence-electron chi connectivity index (χ0n) is 15.0. The summed E-state index contributed by atoms with van der Waals surface area (Å²) in [6.45, 7) is 1.48. The van der Waals surface area contributed by atoms with Crippen molar-refractivity contribution < 1.29 is 23.2 Å². The molecule has 1 aromatic rings. The summed E-state index contributed by atoms with van der Waals surface area (Å²) >= 11 is 0. The molecule has 0 radical (unpaired) electrons. The molecule has 4 amide bonds. The number of amides is 4. The number of hydrazine groups is 1. The minimum atomic E-state index is -0.970. The lowest BCUT2D eigenvalue weighted by Crippen LogP contribution is -2.52. The van der Waals surface area contributed by atoms with Crippen molar-refractivity contribution in [3.8, 4) is 0 Å². The van der Waals surface area contributed by atoms with E-state index in [1.807, 2.05) is 0 Å². The van der Waals surface area contributed by atoms with Crippen LogP contribution in [-0.4, -0.2) is 34.9 Å².